The zero-order valence-electron chi connectivity index (χ0n) is 3.20. The molecule has 0 aliphatic carbocycles. The van der Waals surface area contributed by atoms with Crippen molar-refractivity contribution in [3.05, 3.63) is 0 Å². The van der Waals surface area contributed by atoms with Crippen LogP contribution >= 0.6 is 0 Å². The second-order valence-electron chi connectivity index (χ2n) is 0. The SMILES string of the molecule is [Fe+2].[Fe].[Fe].[Fe].[SH-].[SH-].[SH-].[SH-]. The third kappa shape index (κ3) is 56.3. The quantitative estimate of drug-likeness (QED) is 0.307. The fraction of sp³-hybridized carbons (Fsp3) is 0. The molecule has 0 spiro atoms. The van der Waals surface area contributed by atoms with Crippen LogP contribution in [0.4, 0.5) is 0 Å². The van der Waals surface area contributed by atoms with Gasteiger partial charge in [-0.3, -0.25) is 0 Å². The minimum atomic E-state index is 0. The third-order valence-electron chi connectivity index (χ3n) is 0. The maximum atomic E-state index is 0. The molecule has 8 heavy (non-hydrogen) atoms. The summed E-state index contributed by atoms with van der Waals surface area (Å²) in [4.78, 5) is 0. The van der Waals surface area contributed by atoms with E-state index in [0.29, 0.717) is 0 Å². The second kappa shape index (κ2) is 77.8. The number of thiol groups is 4. The monoisotopic (exact) mass is 356 g/mol. The van der Waals surface area contributed by atoms with E-state index in [4.69, 9.17) is 0 Å². The summed E-state index contributed by atoms with van der Waals surface area (Å²) in [6.45, 7) is 0. The molecule has 0 rings (SSSR count). The Balaban J connectivity index is 0. The predicted octanol–water partition coefficient (Wildman–Crippen LogP) is -1.09. The van der Waals surface area contributed by atoms with Gasteiger partial charge < -0.3 is 54.0 Å². The number of rotatable bonds is 0. The van der Waals surface area contributed by atoms with Gasteiger partial charge in [0.15, 0.2) is 0 Å². The fourth-order valence-electron chi connectivity index (χ4n) is 0. The Morgan fingerprint density at radius 3 is 0.375 bits per heavy atom. The van der Waals surface area contributed by atoms with Gasteiger partial charge in [0.1, 0.15) is 0 Å². The van der Waals surface area contributed by atoms with Crippen LogP contribution in [0.5, 0.6) is 0 Å². The largest absolute Gasteiger partial charge is 2.00 e. The van der Waals surface area contributed by atoms with Crippen molar-refractivity contribution in [1.29, 1.82) is 0 Å². The van der Waals surface area contributed by atoms with Crippen molar-refractivity contribution in [3.63, 3.8) is 0 Å². The zero-order valence-corrected chi connectivity index (χ0v) is 11.2. The first-order valence-corrected chi connectivity index (χ1v) is 0. The molecule has 0 saturated carbocycles. The van der Waals surface area contributed by atoms with Crippen LogP contribution in [0, 0.1) is 0 Å². The Bertz CT molecular complexity index is 8.00. The van der Waals surface area contributed by atoms with Gasteiger partial charge in [0.05, 0.1) is 0 Å². The van der Waals surface area contributed by atoms with Crippen molar-refractivity contribution in [2.45, 2.75) is 0 Å². The van der Waals surface area contributed by atoms with Gasteiger partial charge in [0, 0.05) is 51.2 Å². The first-order valence-electron chi connectivity index (χ1n) is 0. The van der Waals surface area contributed by atoms with Crippen molar-refractivity contribution < 1.29 is 68.3 Å². The molecule has 0 aromatic rings. The van der Waals surface area contributed by atoms with Crippen molar-refractivity contribution >= 4 is 54.0 Å². The zero-order chi connectivity index (χ0) is 0. The predicted molar refractivity (Wildman–Crippen MR) is 35.0 cm³/mol. The molecule has 0 radical (unpaired) electrons. The summed E-state index contributed by atoms with van der Waals surface area (Å²) in [5, 5.41) is 0. The van der Waals surface area contributed by atoms with Crippen LogP contribution < -0.4 is 0 Å². The summed E-state index contributed by atoms with van der Waals surface area (Å²) >= 11 is 0. The van der Waals surface area contributed by atoms with Crippen LogP contribution in [-0.4, -0.2) is 0 Å². The number of hydrogen-bond acceptors (Lipinski definition) is 4. The van der Waals surface area contributed by atoms with E-state index < -0.39 is 0 Å². The average molecular weight is 356 g/mol. The van der Waals surface area contributed by atoms with E-state index in [-0.39, 0.29) is 122 Å². The first kappa shape index (κ1) is 104. The van der Waals surface area contributed by atoms with Crippen LogP contribution in [0.3, 0.4) is 0 Å². The summed E-state index contributed by atoms with van der Waals surface area (Å²) in [6, 6.07) is 0. The Morgan fingerprint density at radius 2 is 0.375 bits per heavy atom. The Labute approximate surface area is 121 Å². The van der Waals surface area contributed by atoms with Gasteiger partial charge in [0.25, 0.3) is 0 Å². The molecule has 0 unspecified atom stereocenters. The molecule has 0 saturated heterocycles. The van der Waals surface area contributed by atoms with E-state index in [0.717, 1.165) is 0 Å². The average Bonchev–Trinajstić information content (AvgIpc) is 0. The molecular weight excluding hydrogens is 352 g/mol. The molecule has 0 atom stereocenters. The minimum absolute atomic E-state index is 0. The molecule has 0 aliphatic heterocycles. The van der Waals surface area contributed by atoms with E-state index >= 15 is 0 Å². The molecule has 0 N–H and O–H groups in total. The van der Waals surface area contributed by atoms with Crippen molar-refractivity contribution in [1.82, 2.24) is 0 Å². The summed E-state index contributed by atoms with van der Waals surface area (Å²) < 4.78 is 0. The molecule has 0 amide bonds. The molecule has 0 aromatic carbocycles. The second-order valence-corrected chi connectivity index (χ2v) is 0. The Kier molecular flexibility index (Phi) is 1010. The van der Waals surface area contributed by atoms with Crippen LogP contribution in [0.15, 0.2) is 0 Å². The topological polar surface area (TPSA) is 0 Å². The molecule has 0 bridgehead atoms. The minimum Gasteiger partial charge on any atom is -0.813 e. The van der Waals surface area contributed by atoms with Crippen molar-refractivity contribution in [3.8, 4) is 0 Å². The van der Waals surface area contributed by atoms with E-state index in [2.05, 4.69) is 0 Å². The summed E-state index contributed by atoms with van der Waals surface area (Å²) in [5.41, 5.74) is 0. The van der Waals surface area contributed by atoms with Gasteiger partial charge >= 0.3 is 17.1 Å². The van der Waals surface area contributed by atoms with Gasteiger partial charge in [-0.05, 0) is 0 Å². The molecule has 0 heterocycles. The molecule has 0 aromatic heterocycles. The van der Waals surface area contributed by atoms with Crippen molar-refractivity contribution in [2.75, 3.05) is 0 Å². The molecular formula is H4Fe4S4-2. The van der Waals surface area contributed by atoms with E-state index in [1.54, 1.807) is 0 Å². The van der Waals surface area contributed by atoms with E-state index in [9.17, 15) is 0 Å². The number of hydrogen-bond donors (Lipinski definition) is 0. The molecule has 0 nitrogen and oxygen atoms in total. The van der Waals surface area contributed by atoms with Gasteiger partial charge in [-0.2, -0.15) is 0 Å². The van der Waals surface area contributed by atoms with Gasteiger partial charge in [-0.15, -0.1) is 0 Å². The van der Waals surface area contributed by atoms with E-state index in [1.807, 2.05) is 0 Å². The standard InChI is InChI=1S/4Fe.4H2S/h;;;;4*1H2/q;;;+2;;;;/p-4. The van der Waals surface area contributed by atoms with Gasteiger partial charge in [-0.25, -0.2) is 0 Å². The van der Waals surface area contributed by atoms with Crippen LogP contribution in [0.25, 0.3) is 0 Å². The summed E-state index contributed by atoms with van der Waals surface area (Å²) in [7, 11) is 0. The summed E-state index contributed by atoms with van der Waals surface area (Å²) in [6.07, 6.45) is 0. The van der Waals surface area contributed by atoms with Crippen LogP contribution in [0.2, 0.25) is 0 Å². The van der Waals surface area contributed by atoms with Crippen LogP contribution in [-0.2, 0) is 122 Å². The molecule has 0 aliphatic rings. The fourth-order valence-corrected chi connectivity index (χ4v) is 0. The van der Waals surface area contributed by atoms with E-state index in [1.165, 1.54) is 0 Å². The first-order chi connectivity index (χ1) is 0. The smallest absolute Gasteiger partial charge is 0.813 e. The van der Waals surface area contributed by atoms with Gasteiger partial charge in [0.2, 0.25) is 0 Å². The summed E-state index contributed by atoms with van der Waals surface area (Å²) in [5.74, 6) is 0. The van der Waals surface area contributed by atoms with Crippen molar-refractivity contribution in [2.24, 2.45) is 0 Å². The molecule has 8 heteroatoms. The molecule has 0 fully saturated rings. The van der Waals surface area contributed by atoms with Crippen LogP contribution in [0.1, 0.15) is 0 Å². The normalized spacial score (nSPS) is 0. The molecule has 62 valence electrons. The maximum absolute atomic E-state index is 0. The van der Waals surface area contributed by atoms with Gasteiger partial charge in [-0.1, -0.05) is 0 Å². The third-order valence-corrected chi connectivity index (χ3v) is 0. The Morgan fingerprint density at radius 1 is 0.375 bits per heavy atom. The maximum Gasteiger partial charge on any atom is 2.00 e. The Hall–Kier alpha value is 3.48.